The van der Waals surface area contributed by atoms with Crippen molar-refractivity contribution >= 4 is 17.5 Å². The van der Waals surface area contributed by atoms with E-state index in [1.807, 2.05) is 67.6 Å². The van der Waals surface area contributed by atoms with E-state index in [1.165, 1.54) is 0 Å². The second kappa shape index (κ2) is 9.30. The Balaban J connectivity index is 1.76. The van der Waals surface area contributed by atoms with E-state index in [4.69, 9.17) is 9.15 Å². The summed E-state index contributed by atoms with van der Waals surface area (Å²) in [6.07, 6.45) is 2.39. The number of ether oxygens (including phenoxy) is 1. The summed E-state index contributed by atoms with van der Waals surface area (Å²) in [5.74, 6) is 0.947. The van der Waals surface area contributed by atoms with Crippen LogP contribution in [0.4, 0.5) is 5.69 Å². The molecular formula is C26H28N2O4. The van der Waals surface area contributed by atoms with Crippen molar-refractivity contribution in [3.63, 3.8) is 0 Å². The lowest BCUT2D eigenvalue weighted by Crippen LogP contribution is -2.48. The molecule has 1 saturated heterocycles. The van der Waals surface area contributed by atoms with Crippen LogP contribution < -0.4 is 9.64 Å². The lowest BCUT2D eigenvalue weighted by atomic mass is 9.82. The Bertz CT molecular complexity index is 1080. The number of rotatable bonds is 6. The molecule has 32 heavy (non-hydrogen) atoms. The van der Waals surface area contributed by atoms with Gasteiger partial charge in [-0.3, -0.25) is 9.59 Å². The number of para-hydroxylation sites is 1. The number of anilines is 1. The first-order valence-electron chi connectivity index (χ1n) is 10.8. The summed E-state index contributed by atoms with van der Waals surface area (Å²) in [4.78, 5) is 30.3. The number of amides is 2. The van der Waals surface area contributed by atoms with Crippen LogP contribution in [0, 0.1) is 12.8 Å². The summed E-state index contributed by atoms with van der Waals surface area (Å²) in [6, 6.07) is 18.7. The third-order valence-electron chi connectivity index (χ3n) is 6.03. The van der Waals surface area contributed by atoms with Gasteiger partial charge in [0, 0.05) is 24.7 Å². The van der Waals surface area contributed by atoms with Crippen molar-refractivity contribution in [1.82, 2.24) is 4.90 Å². The minimum absolute atomic E-state index is 0.00231. The van der Waals surface area contributed by atoms with Crippen molar-refractivity contribution in [2.75, 3.05) is 19.1 Å². The molecule has 3 aromatic rings. The fourth-order valence-electron chi connectivity index (χ4n) is 4.42. The van der Waals surface area contributed by atoms with Gasteiger partial charge in [-0.25, -0.2) is 0 Å². The first-order valence-corrected chi connectivity index (χ1v) is 10.8. The number of nitrogens with zero attached hydrogens (tertiary/aromatic N) is 2. The number of aryl methyl sites for hydroxylation is 1. The molecule has 166 valence electrons. The monoisotopic (exact) mass is 432 g/mol. The summed E-state index contributed by atoms with van der Waals surface area (Å²) >= 11 is 0. The highest BCUT2D eigenvalue weighted by molar-refractivity contribution is 5.97. The highest BCUT2D eigenvalue weighted by atomic mass is 16.5. The van der Waals surface area contributed by atoms with Crippen molar-refractivity contribution in [2.24, 2.45) is 5.92 Å². The number of hydrogen-bond donors (Lipinski definition) is 0. The molecule has 6 heteroatoms. The second-order valence-electron chi connectivity index (χ2n) is 8.20. The number of piperidine rings is 1. The molecule has 2 amide bonds. The molecule has 1 fully saturated rings. The number of carbonyl (C=O) groups excluding carboxylic acids is 2. The lowest BCUT2D eigenvalue weighted by molar-refractivity contribution is -0.138. The van der Waals surface area contributed by atoms with E-state index in [9.17, 15) is 9.59 Å². The molecule has 0 radical (unpaired) electrons. The molecule has 2 aromatic carbocycles. The van der Waals surface area contributed by atoms with Gasteiger partial charge in [-0.05, 0) is 43.7 Å². The van der Waals surface area contributed by atoms with Crippen LogP contribution in [0.5, 0.6) is 5.75 Å². The van der Waals surface area contributed by atoms with Gasteiger partial charge >= 0.3 is 0 Å². The van der Waals surface area contributed by atoms with Crippen molar-refractivity contribution in [3.8, 4) is 5.75 Å². The molecule has 2 heterocycles. The molecule has 0 aliphatic carbocycles. The van der Waals surface area contributed by atoms with E-state index in [-0.39, 0.29) is 11.8 Å². The maximum absolute atomic E-state index is 13.7. The lowest BCUT2D eigenvalue weighted by Gasteiger charge is -2.42. The third kappa shape index (κ3) is 4.26. The molecule has 4 rings (SSSR count). The van der Waals surface area contributed by atoms with Crippen LogP contribution in [-0.4, -0.2) is 30.9 Å². The van der Waals surface area contributed by atoms with Gasteiger partial charge in [0.15, 0.2) is 0 Å². The van der Waals surface area contributed by atoms with Gasteiger partial charge in [-0.1, -0.05) is 35.9 Å². The van der Waals surface area contributed by atoms with Crippen molar-refractivity contribution in [3.05, 3.63) is 83.8 Å². The zero-order chi connectivity index (χ0) is 22.7. The Morgan fingerprint density at radius 2 is 1.88 bits per heavy atom. The van der Waals surface area contributed by atoms with E-state index < -0.39 is 12.0 Å². The molecule has 0 bridgehead atoms. The van der Waals surface area contributed by atoms with Crippen LogP contribution in [0.25, 0.3) is 0 Å². The average molecular weight is 433 g/mol. The highest BCUT2D eigenvalue weighted by Crippen LogP contribution is 2.43. The summed E-state index contributed by atoms with van der Waals surface area (Å²) < 4.78 is 11.1. The topological polar surface area (TPSA) is 63.0 Å². The van der Waals surface area contributed by atoms with E-state index >= 15 is 0 Å². The first kappa shape index (κ1) is 21.7. The number of furan rings is 1. The van der Waals surface area contributed by atoms with Crippen LogP contribution in [0.2, 0.25) is 0 Å². The normalized spacial score (nSPS) is 18.5. The van der Waals surface area contributed by atoms with Gasteiger partial charge in [0.2, 0.25) is 11.8 Å². The van der Waals surface area contributed by atoms with Crippen LogP contribution in [0.3, 0.4) is 0 Å². The van der Waals surface area contributed by atoms with Crippen LogP contribution in [-0.2, 0) is 16.1 Å². The average Bonchev–Trinajstić information content (AvgIpc) is 3.32. The maximum atomic E-state index is 13.7. The Morgan fingerprint density at radius 3 is 2.56 bits per heavy atom. The van der Waals surface area contributed by atoms with E-state index in [1.54, 1.807) is 30.2 Å². The quantitative estimate of drug-likeness (QED) is 0.564. The number of methoxy groups -OCH3 is 1. The van der Waals surface area contributed by atoms with Crippen LogP contribution in [0.1, 0.15) is 35.8 Å². The summed E-state index contributed by atoms with van der Waals surface area (Å²) in [7, 11) is 3.39. The standard InChI is InChI=1S/C26H28N2O4/c1-18-10-12-19(13-11-18)28-24(29)15-14-22(25(28)21-8-4-5-9-23(21)31-3)26(30)27(2)17-20-7-6-16-32-20/h4-13,16,22,25H,14-15,17H2,1-3H3. The van der Waals surface area contributed by atoms with E-state index in [2.05, 4.69) is 0 Å². The maximum Gasteiger partial charge on any atom is 0.228 e. The molecule has 0 N–H and O–H groups in total. The first-order chi connectivity index (χ1) is 15.5. The molecule has 1 aliphatic heterocycles. The zero-order valence-electron chi connectivity index (χ0n) is 18.7. The zero-order valence-corrected chi connectivity index (χ0v) is 18.7. The molecule has 1 aliphatic rings. The van der Waals surface area contributed by atoms with E-state index in [0.717, 1.165) is 22.6 Å². The summed E-state index contributed by atoms with van der Waals surface area (Å²) in [5.41, 5.74) is 2.72. The molecular weight excluding hydrogens is 404 g/mol. The van der Waals surface area contributed by atoms with Gasteiger partial charge in [0.05, 0.1) is 31.9 Å². The minimum atomic E-state index is -0.471. The van der Waals surface area contributed by atoms with Gasteiger partial charge < -0.3 is 19.0 Å². The molecule has 0 spiro atoms. The van der Waals surface area contributed by atoms with Crippen LogP contribution >= 0.6 is 0 Å². The van der Waals surface area contributed by atoms with Gasteiger partial charge in [0.1, 0.15) is 11.5 Å². The summed E-state index contributed by atoms with van der Waals surface area (Å²) in [5, 5.41) is 0. The Kier molecular flexibility index (Phi) is 6.30. The summed E-state index contributed by atoms with van der Waals surface area (Å²) in [6.45, 7) is 2.38. The SMILES string of the molecule is COc1ccccc1C1C(C(=O)N(C)Cc2ccco2)CCC(=O)N1c1ccc(C)cc1. The van der Waals surface area contributed by atoms with Crippen molar-refractivity contribution in [2.45, 2.75) is 32.4 Å². The second-order valence-corrected chi connectivity index (χ2v) is 8.20. The fraction of sp³-hybridized carbons (Fsp3) is 0.308. The predicted molar refractivity (Wildman–Crippen MR) is 122 cm³/mol. The molecule has 2 atom stereocenters. The third-order valence-corrected chi connectivity index (χ3v) is 6.03. The smallest absolute Gasteiger partial charge is 0.228 e. The van der Waals surface area contributed by atoms with Crippen LogP contribution in [0.15, 0.2) is 71.3 Å². The van der Waals surface area contributed by atoms with Gasteiger partial charge in [-0.2, -0.15) is 0 Å². The fourth-order valence-corrected chi connectivity index (χ4v) is 4.42. The number of carbonyl (C=O) groups is 2. The minimum Gasteiger partial charge on any atom is -0.496 e. The molecule has 6 nitrogen and oxygen atoms in total. The Hall–Kier alpha value is -3.54. The molecule has 0 saturated carbocycles. The highest BCUT2D eigenvalue weighted by Gasteiger charge is 2.43. The number of hydrogen-bond acceptors (Lipinski definition) is 4. The van der Waals surface area contributed by atoms with E-state index in [0.29, 0.717) is 25.1 Å². The van der Waals surface area contributed by atoms with Gasteiger partial charge in [0.25, 0.3) is 0 Å². The largest absolute Gasteiger partial charge is 0.496 e. The molecule has 2 unspecified atom stereocenters. The Morgan fingerprint density at radius 1 is 1.12 bits per heavy atom. The van der Waals surface area contributed by atoms with Crippen molar-refractivity contribution < 1.29 is 18.7 Å². The predicted octanol–water partition coefficient (Wildman–Crippen LogP) is 4.74. The molecule has 1 aromatic heterocycles. The van der Waals surface area contributed by atoms with Crippen molar-refractivity contribution in [1.29, 1.82) is 0 Å². The Labute approximate surface area is 188 Å². The van der Waals surface area contributed by atoms with Gasteiger partial charge in [-0.15, -0.1) is 0 Å². The number of benzene rings is 2.